The maximum absolute atomic E-state index is 5.92. The van der Waals surface area contributed by atoms with Crippen LogP contribution in [0.2, 0.25) is 18.6 Å². The van der Waals surface area contributed by atoms with Crippen molar-refractivity contribution in [3.05, 3.63) is 0 Å². The van der Waals surface area contributed by atoms with E-state index >= 15 is 0 Å². The zero-order valence-electron chi connectivity index (χ0n) is 8.11. The molecule has 0 aromatic carbocycles. The first kappa shape index (κ1) is 10.5. The van der Waals surface area contributed by atoms with Crippen molar-refractivity contribution in [1.29, 1.82) is 0 Å². The highest BCUT2D eigenvalue weighted by atomic mass is 35.5. The van der Waals surface area contributed by atoms with Crippen molar-refractivity contribution in [1.82, 2.24) is 0 Å². The third kappa shape index (κ3) is 3.07. The van der Waals surface area contributed by atoms with Crippen LogP contribution in [0.25, 0.3) is 0 Å². The summed E-state index contributed by atoms with van der Waals surface area (Å²) in [5.41, 5.74) is 0. The fraction of sp³-hybridized carbons (Fsp3) is 1.00. The van der Waals surface area contributed by atoms with Gasteiger partial charge in [0, 0.05) is 12.5 Å². The first-order chi connectivity index (χ1) is 5.66. The summed E-state index contributed by atoms with van der Waals surface area (Å²) >= 11 is 5.80. The van der Waals surface area contributed by atoms with Gasteiger partial charge in [-0.2, -0.15) is 0 Å². The summed E-state index contributed by atoms with van der Waals surface area (Å²) < 4.78 is 5.92. The molecule has 1 nitrogen and oxygen atoms in total. The Morgan fingerprint density at radius 2 is 2.25 bits per heavy atom. The molecule has 12 heavy (non-hydrogen) atoms. The molecule has 2 atom stereocenters. The van der Waals surface area contributed by atoms with Gasteiger partial charge in [-0.05, 0) is 31.0 Å². The molecule has 0 spiro atoms. The molecule has 0 radical (unpaired) electrons. The molecule has 0 aromatic heterocycles. The van der Waals surface area contributed by atoms with Crippen LogP contribution in [0.5, 0.6) is 0 Å². The van der Waals surface area contributed by atoms with Gasteiger partial charge in [-0.25, -0.2) is 0 Å². The van der Waals surface area contributed by atoms with Crippen molar-refractivity contribution in [2.24, 2.45) is 5.92 Å². The first-order valence-electron chi connectivity index (χ1n) is 4.86. The van der Waals surface area contributed by atoms with Crippen LogP contribution in [0.1, 0.15) is 19.8 Å². The highest BCUT2D eigenvalue weighted by molar-refractivity contribution is 6.72. The zero-order valence-corrected chi connectivity index (χ0v) is 9.86. The van der Waals surface area contributed by atoms with Crippen molar-refractivity contribution >= 4 is 19.9 Å². The molecule has 72 valence electrons. The molecule has 3 heteroatoms. The van der Waals surface area contributed by atoms with Crippen LogP contribution in [0.3, 0.4) is 0 Å². The maximum Gasteiger partial charge on any atom is 0.190 e. The monoisotopic (exact) mass is 206 g/mol. The van der Waals surface area contributed by atoms with Gasteiger partial charge in [0.2, 0.25) is 0 Å². The van der Waals surface area contributed by atoms with E-state index in [0.717, 1.165) is 12.5 Å². The third-order valence-electron chi connectivity index (χ3n) is 2.59. The summed E-state index contributed by atoms with van der Waals surface area (Å²) in [5, 5.41) is 0. The maximum atomic E-state index is 5.92. The van der Waals surface area contributed by atoms with Gasteiger partial charge in [0.15, 0.2) is 8.32 Å². The predicted octanol–water partition coefficient (Wildman–Crippen LogP) is 3.25. The summed E-state index contributed by atoms with van der Waals surface area (Å²) in [6, 6.07) is 2.59. The molecular formula is C9H19ClOSi. The van der Waals surface area contributed by atoms with E-state index in [1.165, 1.54) is 24.9 Å². The van der Waals surface area contributed by atoms with Gasteiger partial charge in [0.1, 0.15) is 0 Å². The molecule has 2 unspecified atom stereocenters. The Kier molecular flexibility index (Phi) is 4.07. The fourth-order valence-electron chi connectivity index (χ4n) is 1.94. The smallest absolute Gasteiger partial charge is 0.190 e. The van der Waals surface area contributed by atoms with E-state index in [1.807, 2.05) is 0 Å². The molecule has 0 aliphatic carbocycles. The van der Waals surface area contributed by atoms with Gasteiger partial charge in [-0.1, -0.05) is 13.3 Å². The highest BCUT2D eigenvalue weighted by Gasteiger charge is 2.32. The molecule has 1 saturated heterocycles. The van der Waals surface area contributed by atoms with E-state index in [2.05, 4.69) is 13.5 Å². The largest absolute Gasteiger partial charge is 0.417 e. The van der Waals surface area contributed by atoms with E-state index in [9.17, 15) is 0 Å². The standard InChI is InChI=1S/C9H19ClOSi/c1-9(7-10)8-12(2)6-4-3-5-11-12/h9H,3-8H2,1-2H3. The van der Waals surface area contributed by atoms with E-state index in [-0.39, 0.29) is 0 Å². The van der Waals surface area contributed by atoms with Crippen LogP contribution in [-0.4, -0.2) is 20.8 Å². The van der Waals surface area contributed by atoms with Crippen molar-refractivity contribution in [3.8, 4) is 0 Å². The molecule has 1 aliphatic rings. The van der Waals surface area contributed by atoms with Crippen molar-refractivity contribution in [3.63, 3.8) is 0 Å². The predicted molar refractivity (Wildman–Crippen MR) is 56.3 cm³/mol. The van der Waals surface area contributed by atoms with Gasteiger partial charge in [-0.15, -0.1) is 11.6 Å². The zero-order chi connectivity index (χ0) is 9.03. The van der Waals surface area contributed by atoms with Gasteiger partial charge in [-0.3, -0.25) is 0 Å². The highest BCUT2D eigenvalue weighted by Crippen LogP contribution is 2.28. The van der Waals surface area contributed by atoms with E-state index in [0.29, 0.717) is 5.92 Å². The molecule has 0 aromatic rings. The van der Waals surface area contributed by atoms with Crippen LogP contribution in [0, 0.1) is 5.92 Å². The number of alkyl halides is 1. The lowest BCUT2D eigenvalue weighted by Gasteiger charge is -2.33. The summed E-state index contributed by atoms with van der Waals surface area (Å²) in [7, 11) is -1.31. The van der Waals surface area contributed by atoms with Gasteiger partial charge in [0.25, 0.3) is 0 Å². The Morgan fingerprint density at radius 3 is 2.75 bits per heavy atom. The second-order valence-electron chi connectivity index (χ2n) is 4.22. The summed E-state index contributed by atoms with van der Waals surface area (Å²) in [6.07, 6.45) is 2.63. The Balaban J connectivity index is 2.35. The van der Waals surface area contributed by atoms with Crippen LogP contribution in [0.4, 0.5) is 0 Å². The Labute approximate surface area is 81.6 Å². The summed E-state index contributed by atoms with van der Waals surface area (Å²) in [6.45, 7) is 5.58. The SMILES string of the molecule is CC(CCl)C[Si]1(C)CCCCO1. The molecular weight excluding hydrogens is 188 g/mol. The van der Waals surface area contributed by atoms with Crippen LogP contribution in [0.15, 0.2) is 0 Å². The lowest BCUT2D eigenvalue weighted by Crippen LogP contribution is -2.39. The van der Waals surface area contributed by atoms with E-state index < -0.39 is 8.32 Å². The average molecular weight is 207 g/mol. The summed E-state index contributed by atoms with van der Waals surface area (Å²) in [5.74, 6) is 1.42. The minimum atomic E-state index is -1.31. The first-order valence-corrected chi connectivity index (χ1v) is 8.22. The Bertz CT molecular complexity index is 134. The molecule has 1 fully saturated rings. The van der Waals surface area contributed by atoms with Crippen molar-refractivity contribution in [2.45, 2.75) is 38.4 Å². The lowest BCUT2D eigenvalue weighted by molar-refractivity contribution is 0.267. The lowest BCUT2D eigenvalue weighted by atomic mass is 10.3. The Hall–Kier alpha value is 0.467. The second-order valence-corrected chi connectivity index (χ2v) is 8.62. The number of halogens is 1. The van der Waals surface area contributed by atoms with Gasteiger partial charge >= 0.3 is 0 Å². The molecule has 0 bridgehead atoms. The Morgan fingerprint density at radius 1 is 1.50 bits per heavy atom. The van der Waals surface area contributed by atoms with Gasteiger partial charge in [0.05, 0.1) is 0 Å². The summed E-state index contributed by atoms with van der Waals surface area (Å²) in [4.78, 5) is 0. The average Bonchev–Trinajstić information content (AvgIpc) is 2.05. The molecule has 0 amide bonds. The molecule has 1 heterocycles. The van der Waals surface area contributed by atoms with Gasteiger partial charge < -0.3 is 4.43 Å². The minimum Gasteiger partial charge on any atom is -0.417 e. The second kappa shape index (κ2) is 4.63. The van der Waals surface area contributed by atoms with Crippen molar-refractivity contribution < 1.29 is 4.43 Å². The quantitative estimate of drug-likeness (QED) is 0.509. The van der Waals surface area contributed by atoms with E-state index in [1.54, 1.807) is 0 Å². The van der Waals surface area contributed by atoms with Crippen LogP contribution < -0.4 is 0 Å². The topological polar surface area (TPSA) is 9.23 Å². The van der Waals surface area contributed by atoms with Crippen LogP contribution in [-0.2, 0) is 4.43 Å². The number of hydrogen-bond acceptors (Lipinski definition) is 1. The molecule has 0 N–H and O–H groups in total. The third-order valence-corrected chi connectivity index (χ3v) is 6.99. The molecule has 1 aliphatic heterocycles. The molecule has 0 saturated carbocycles. The van der Waals surface area contributed by atoms with E-state index in [4.69, 9.17) is 16.0 Å². The normalized spacial score (nSPS) is 33.2. The van der Waals surface area contributed by atoms with Crippen molar-refractivity contribution in [2.75, 3.05) is 12.5 Å². The number of rotatable bonds is 3. The fourth-order valence-corrected chi connectivity index (χ4v) is 5.96. The minimum absolute atomic E-state index is 0.640. The molecule has 1 rings (SSSR count). The van der Waals surface area contributed by atoms with Crippen LogP contribution >= 0.6 is 11.6 Å². The number of hydrogen-bond donors (Lipinski definition) is 0.